The van der Waals surface area contributed by atoms with Crippen LogP contribution in [-0.4, -0.2) is 77.4 Å². The first-order chi connectivity index (χ1) is 13.4. The van der Waals surface area contributed by atoms with E-state index in [0.29, 0.717) is 24.9 Å². The molecule has 1 saturated heterocycles. The minimum absolute atomic E-state index is 0.220. The molecular formula is C20H24N5O3+. The Kier molecular flexibility index (Phi) is 4.41. The quantitative estimate of drug-likeness (QED) is 0.572. The van der Waals surface area contributed by atoms with Crippen LogP contribution in [0.4, 0.5) is 10.5 Å². The van der Waals surface area contributed by atoms with Crippen molar-refractivity contribution in [1.82, 2.24) is 9.80 Å². The summed E-state index contributed by atoms with van der Waals surface area (Å²) in [6, 6.07) is 6.88. The van der Waals surface area contributed by atoms with E-state index >= 15 is 0 Å². The monoisotopic (exact) mass is 382 g/mol. The van der Waals surface area contributed by atoms with Gasteiger partial charge in [0.05, 0.1) is 19.7 Å². The standard InChI is InChI=1S/C20H24N5O3/c1-5-28-15-8-6-14(7-9-15)23-10-11-24-16-17(21-19(23)24)22(4)20(27)25(18(16)26)12-13(2)3/h6-9,16H,2,5,10-12H2,1,3-4H3/q+1. The van der Waals surface area contributed by atoms with Crippen LogP contribution in [-0.2, 0) is 4.79 Å². The molecule has 3 heterocycles. The number of benzene rings is 1. The summed E-state index contributed by atoms with van der Waals surface area (Å²) in [7, 11) is 1.66. The molecule has 3 aliphatic rings. The summed E-state index contributed by atoms with van der Waals surface area (Å²) in [5.74, 6) is 1.76. The molecule has 0 bridgehead atoms. The van der Waals surface area contributed by atoms with Gasteiger partial charge >= 0.3 is 12.0 Å². The summed E-state index contributed by atoms with van der Waals surface area (Å²) in [6.07, 6.45) is 0. The Morgan fingerprint density at radius 3 is 2.68 bits per heavy atom. The van der Waals surface area contributed by atoms with Gasteiger partial charge in [0.1, 0.15) is 18.0 Å². The number of fused-ring (bicyclic) bond motifs is 2. The van der Waals surface area contributed by atoms with E-state index in [1.807, 2.05) is 35.8 Å². The van der Waals surface area contributed by atoms with Gasteiger partial charge in [0, 0.05) is 7.05 Å². The van der Waals surface area contributed by atoms with Crippen LogP contribution in [0.2, 0.25) is 0 Å². The lowest BCUT2D eigenvalue weighted by molar-refractivity contribution is -0.525. The fourth-order valence-corrected chi connectivity index (χ4v) is 3.81. The van der Waals surface area contributed by atoms with E-state index < -0.39 is 6.04 Å². The van der Waals surface area contributed by atoms with Crippen LogP contribution in [0.1, 0.15) is 13.8 Å². The number of guanidine groups is 1. The lowest BCUT2D eigenvalue weighted by Crippen LogP contribution is -2.62. The van der Waals surface area contributed by atoms with Gasteiger partial charge in [0.15, 0.2) is 0 Å². The molecule has 0 spiro atoms. The minimum atomic E-state index is -0.565. The van der Waals surface area contributed by atoms with Gasteiger partial charge in [0.2, 0.25) is 11.9 Å². The van der Waals surface area contributed by atoms with Crippen LogP contribution in [0.15, 0.2) is 41.4 Å². The van der Waals surface area contributed by atoms with E-state index in [0.717, 1.165) is 23.6 Å². The first kappa shape index (κ1) is 18.2. The van der Waals surface area contributed by atoms with Crippen molar-refractivity contribution in [2.24, 2.45) is 4.99 Å². The van der Waals surface area contributed by atoms with Crippen molar-refractivity contribution < 1.29 is 18.9 Å². The number of hydrogen-bond donors (Lipinski definition) is 0. The van der Waals surface area contributed by atoms with E-state index in [1.54, 1.807) is 14.0 Å². The molecule has 0 aliphatic carbocycles. The number of carbonyl (C=O) groups excluding carboxylic acids is 2. The second kappa shape index (κ2) is 6.78. The van der Waals surface area contributed by atoms with Gasteiger partial charge in [-0.25, -0.2) is 14.3 Å². The number of ether oxygens (including phenoxy) is 1. The third kappa shape index (κ3) is 2.76. The van der Waals surface area contributed by atoms with E-state index in [-0.39, 0.29) is 18.5 Å². The van der Waals surface area contributed by atoms with E-state index in [4.69, 9.17) is 4.74 Å². The first-order valence-electron chi connectivity index (χ1n) is 9.38. The molecule has 3 amide bonds. The fraction of sp³-hybridized carbons (Fsp3) is 0.400. The van der Waals surface area contributed by atoms with Crippen LogP contribution in [0.5, 0.6) is 5.75 Å². The number of amidine groups is 1. The highest BCUT2D eigenvalue weighted by atomic mass is 16.5. The highest BCUT2D eigenvalue weighted by Crippen LogP contribution is 2.28. The number of nitrogens with zero attached hydrogens (tertiary/aromatic N) is 5. The SMILES string of the molecule is C=C(C)CN1C(=O)C2C(=NC3=[N+]2CCN3c2ccc(OCC)cc2)N(C)C1=O. The highest BCUT2D eigenvalue weighted by Gasteiger charge is 2.55. The van der Waals surface area contributed by atoms with Gasteiger partial charge in [-0.15, -0.1) is 0 Å². The Balaban J connectivity index is 1.66. The number of urea groups is 1. The molecular weight excluding hydrogens is 358 g/mol. The van der Waals surface area contributed by atoms with Gasteiger partial charge in [0.25, 0.3) is 5.91 Å². The number of amides is 3. The second-order valence-corrected chi connectivity index (χ2v) is 7.17. The molecule has 146 valence electrons. The highest BCUT2D eigenvalue weighted by molar-refractivity contribution is 6.24. The summed E-state index contributed by atoms with van der Waals surface area (Å²) in [4.78, 5) is 35.2. The topological polar surface area (TPSA) is 68.5 Å². The summed E-state index contributed by atoms with van der Waals surface area (Å²) < 4.78 is 7.48. The van der Waals surface area contributed by atoms with Gasteiger partial charge in [-0.1, -0.05) is 17.1 Å². The number of imide groups is 1. The number of carbonyl (C=O) groups is 2. The zero-order chi connectivity index (χ0) is 20.0. The number of aliphatic imine (C=N–C) groups is 1. The van der Waals surface area contributed by atoms with Crippen molar-refractivity contribution in [1.29, 1.82) is 0 Å². The summed E-state index contributed by atoms with van der Waals surface area (Å²) in [5.41, 5.74) is 1.74. The van der Waals surface area contributed by atoms with Crippen LogP contribution in [0.25, 0.3) is 0 Å². The van der Waals surface area contributed by atoms with Crippen molar-refractivity contribution in [2.45, 2.75) is 19.9 Å². The number of anilines is 1. The van der Waals surface area contributed by atoms with Crippen molar-refractivity contribution in [3.63, 3.8) is 0 Å². The number of rotatable bonds is 5. The predicted octanol–water partition coefficient (Wildman–Crippen LogP) is 1.52. The van der Waals surface area contributed by atoms with E-state index in [1.165, 1.54) is 9.80 Å². The Labute approximate surface area is 164 Å². The van der Waals surface area contributed by atoms with Crippen LogP contribution in [0.3, 0.4) is 0 Å². The van der Waals surface area contributed by atoms with Gasteiger partial charge in [-0.05, 0) is 38.1 Å². The molecule has 1 atom stereocenters. The summed E-state index contributed by atoms with van der Waals surface area (Å²) in [5, 5.41) is 0. The van der Waals surface area contributed by atoms with Gasteiger partial charge < -0.3 is 4.74 Å². The zero-order valence-corrected chi connectivity index (χ0v) is 16.4. The predicted molar refractivity (Wildman–Crippen MR) is 106 cm³/mol. The summed E-state index contributed by atoms with van der Waals surface area (Å²) >= 11 is 0. The maximum atomic E-state index is 13.1. The Hall–Kier alpha value is -3.16. The molecule has 0 aromatic heterocycles. The van der Waals surface area contributed by atoms with Crippen molar-refractivity contribution in [3.05, 3.63) is 36.4 Å². The largest absolute Gasteiger partial charge is 0.494 e. The molecule has 1 fully saturated rings. The third-order valence-corrected chi connectivity index (χ3v) is 5.08. The molecule has 8 heteroatoms. The molecule has 1 aromatic rings. The first-order valence-corrected chi connectivity index (χ1v) is 9.38. The Morgan fingerprint density at radius 1 is 1.32 bits per heavy atom. The zero-order valence-electron chi connectivity index (χ0n) is 16.4. The van der Waals surface area contributed by atoms with E-state index in [9.17, 15) is 9.59 Å². The molecule has 4 rings (SSSR count). The molecule has 0 N–H and O–H groups in total. The van der Waals surface area contributed by atoms with Gasteiger partial charge in [-0.2, -0.15) is 0 Å². The van der Waals surface area contributed by atoms with Crippen molar-refractivity contribution >= 4 is 29.4 Å². The maximum Gasteiger partial charge on any atom is 0.397 e. The van der Waals surface area contributed by atoms with Crippen LogP contribution in [0, 0.1) is 0 Å². The Morgan fingerprint density at radius 2 is 2.04 bits per heavy atom. The molecule has 0 radical (unpaired) electrons. The normalized spacial score (nSPS) is 21.2. The fourth-order valence-electron chi connectivity index (χ4n) is 3.81. The maximum absolute atomic E-state index is 13.1. The molecule has 0 saturated carbocycles. The molecule has 28 heavy (non-hydrogen) atoms. The molecule has 1 aromatic carbocycles. The summed E-state index contributed by atoms with van der Waals surface area (Å²) in [6.45, 7) is 9.81. The molecule has 3 aliphatic heterocycles. The second-order valence-electron chi connectivity index (χ2n) is 7.17. The lowest BCUT2D eigenvalue weighted by Gasteiger charge is -2.34. The van der Waals surface area contributed by atoms with Crippen molar-refractivity contribution in [3.8, 4) is 5.75 Å². The average molecular weight is 382 g/mol. The van der Waals surface area contributed by atoms with Crippen molar-refractivity contribution in [2.75, 3.05) is 38.2 Å². The third-order valence-electron chi connectivity index (χ3n) is 5.08. The smallest absolute Gasteiger partial charge is 0.397 e. The van der Waals surface area contributed by atoms with Gasteiger partial charge in [-0.3, -0.25) is 14.6 Å². The Bertz CT molecular complexity index is 918. The average Bonchev–Trinajstić information content (AvgIpc) is 3.23. The van der Waals surface area contributed by atoms with Crippen LogP contribution >= 0.6 is 0 Å². The van der Waals surface area contributed by atoms with Crippen LogP contribution < -0.4 is 9.64 Å². The molecule has 8 nitrogen and oxygen atoms in total. The minimum Gasteiger partial charge on any atom is -0.494 e. The number of likely N-dealkylation sites (N-methyl/N-ethyl adjacent to an activating group) is 1. The number of hydrogen-bond acceptors (Lipinski definition) is 5. The van der Waals surface area contributed by atoms with E-state index in [2.05, 4.69) is 16.5 Å². The lowest BCUT2D eigenvalue weighted by atomic mass is 10.1. The molecule has 1 unspecified atom stereocenters.